The molecule has 3 rings (SSSR count). The third-order valence-corrected chi connectivity index (χ3v) is 6.44. The normalized spacial score (nSPS) is 21.1. The van der Waals surface area contributed by atoms with E-state index in [9.17, 15) is 9.59 Å². The lowest BCUT2D eigenvalue weighted by molar-refractivity contribution is -0.135. The summed E-state index contributed by atoms with van der Waals surface area (Å²) in [4.78, 5) is 24.5. The van der Waals surface area contributed by atoms with Crippen molar-refractivity contribution in [3.05, 3.63) is 40.8 Å². The van der Waals surface area contributed by atoms with E-state index in [0.29, 0.717) is 5.17 Å². The number of carbonyl (C=O) groups is 2. The number of hydrogen-bond acceptors (Lipinski definition) is 7. The maximum absolute atomic E-state index is 11.7. The molecule has 0 radical (unpaired) electrons. The Bertz CT molecular complexity index is 782. The number of hydrogen-bond donors (Lipinski definition) is 1. The van der Waals surface area contributed by atoms with E-state index in [1.165, 1.54) is 44.1 Å². The molecule has 1 aliphatic heterocycles. The molecule has 6 nitrogen and oxygen atoms in total. The van der Waals surface area contributed by atoms with Gasteiger partial charge in [0.2, 0.25) is 0 Å². The Hall–Kier alpha value is -2.06. The molecule has 27 heavy (non-hydrogen) atoms. The van der Waals surface area contributed by atoms with E-state index in [0.717, 1.165) is 28.7 Å². The van der Waals surface area contributed by atoms with E-state index in [2.05, 4.69) is 32.4 Å². The first kappa shape index (κ1) is 19.7. The van der Waals surface area contributed by atoms with Crippen LogP contribution in [0.15, 0.2) is 50.3 Å². The van der Waals surface area contributed by atoms with Crippen molar-refractivity contribution in [3.63, 3.8) is 0 Å². The van der Waals surface area contributed by atoms with Crippen molar-refractivity contribution in [2.24, 2.45) is 10.2 Å². The number of nitrogens with one attached hydrogen (secondary N) is 1. The van der Waals surface area contributed by atoms with Crippen LogP contribution in [0.5, 0.6) is 0 Å². The number of thioether (sulfide) groups is 2. The van der Waals surface area contributed by atoms with Crippen LogP contribution in [0.4, 0.5) is 0 Å². The molecule has 0 bridgehead atoms. The van der Waals surface area contributed by atoms with Gasteiger partial charge in [-0.05, 0) is 42.3 Å². The molecule has 0 spiro atoms. The second-order valence-electron chi connectivity index (χ2n) is 6.18. The summed E-state index contributed by atoms with van der Waals surface area (Å²) in [5, 5.41) is 11.6. The van der Waals surface area contributed by atoms with Crippen LogP contribution in [0.3, 0.4) is 0 Å². The summed E-state index contributed by atoms with van der Waals surface area (Å²) in [5.41, 5.74) is 0.937. The molecule has 1 N–H and O–H groups in total. The first-order chi connectivity index (χ1) is 13.1. The molecular formula is C19H21N3O3S2. The molecule has 1 aliphatic carbocycles. The highest BCUT2D eigenvalue weighted by molar-refractivity contribution is 8.18. The number of carbonyl (C=O) groups excluding carboxylic acids is 2. The SMILES string of the molecule is COC(=O)/C=C1/S/C(=N\N=Cc2ccc(SC3CCCCC3)cc2)NC1=O. The van der Waals surface area contributed by atoms with Crippen molar-refractivity contribution >= 4 is 46.8 Å². The lowest BCUT2D eigenvalue weighted by Gasteiger charge is -2.20. The van der Waals surface area contributed by atoms with Gasteiger partial charge in [0.15, 0.2) is 5.17 Å². The third kappa shape index (κ3) is 5.97. The van der Waals surface area contributed by atoms with Crippen molar-refractivity contribution in [3.8, 4) is 0 Å². The molecule has 142 valence electrons. The maximum Gasteiger partial charge on any atom is 0.331 e. The van der Waals surface area contributed by atoms with Crippen LogP contribution in [0.1, 0.15) is 37.7 Å². The second kappa shape index (κ2) is 9.75. The first-order valence-corrected chi connectivity index (χ1v) is 10.5. The maximum atomic E-state index is 11.7. The lowest BCUT2D eigenvalue weighted by atomic mass is 10.0. The van der Waals surface area contributed by atoms with E-state index >= 15 is 0 Å². The summed E-state index contributed by atoms with van der Waals surface area (Å²) >= 11 is 3.01. The van der Waals surface area contributed by atoms with E-state index in [1.54, 1.807) is 6.21 Å². The topological polar surface area (TPSA) is 80.1 Å². The lowest BCUT2D eigenvalue weighted by Crippen LogP contribution is -2.19. The molecule has 1 heterocycles. The zero-order chi connectivity index (χ0) is 19.1. The monoisotopic (exact) mass is 403 g/mol. The predicted molar refractivity (Wildman–Crippen MR) is 110 cm³/mol. The molecule has 1 saturated carbocycles. The highest BCUT2D eigenvalue weighted by atomic mass is 32.2. The Morgan fingerprint density at radius 1 is 1.26 bits per heavy atom. The van der Waals surface area contributed by atoms with Crippen molar-refractivity contribution in [2.45, 2.75) is 42.2 Å². The van der Waals surface area contributed by atoms with Crippen molar-refractivity contribution < 1.29 is 14.3 Å². The average Bonchev–Trinajstić information content (AvgIpc) is 3.03. The molecule has 1 saturated heterocycles. The number of methoxy groups -OCH3 is 1. The van der Waals surface area contributed by atoms with E-state index in [1.807, 2.05) is 23.9 Å². The van der Waals surface area contributed by atoms with Crippen LogP contribution < -0.4 is 5.32 Å². The van der Waals surface area contributed by atoms with Crippen molar-refractivity contribution in [1.29, 1.82) is 0 Å². The molecule has 2 fully saturated rings. The van der Waals surface area contributed by atoms with Gasteiger partial charge in [-0.3, -0.25) is 10.1 Å². The summed E-state index contributed by atoms with van der Waals surface area (Å²) in [6, 6.07) is 8.24. The Kier molecular flexibility index (Phi) is 7.11. The van der Waals surface area contributed by atoms with Crippen LogP contribution in [0.2, 0.25) is 0 Å². The summed E-state index contributed by atoms with van der Waals surface area (Å²) in [5.74, 6) is -0.966. The van der Waals surface area contributed by atoms with Gasteiger partial charge in [-0.25, -0.2) is 4.79 Å². The van der Waals surface area contributed by atoms with Crippen molar-refractivity contribution in [1.82, 2.24) is 5.32 Å². The van der Waals surface area contributed by atoms with E-state index in [-0.39, 0.29) is 10.8 Å². The highest BCUT2D eigenvalue weighted by Gasteiger charge is 2.25. The number of amidine groups is 1. The third-order valence-electron chi connectivity index (χ3n) is 4.19. The predicted octanol–water partition coefficient (Wildman–Crippen LogP) is 3.72. The van der Waals surface area contributed by atoms with Gasteiger partial charge >= 0.3 is 5.97 Å². The van der Waals surface area contributed by atoms with Crippen molar-refractivity contribution in [2.75, 3.05) is 7.11 Å². The number of amides is 1. The molecule has 1 amide bonds. The van der Waals surface area contributed by atoms with E-state index < -0.39 is 5.97 Å². The summed E-state index contributed by atoms with van der Waals surface area (Å²) < 4.78 is 4.51. The summed E-state index contributed by atoms with van der Waals surface area (Å²) in [6.07, 6.45) is 9.43. The number of esters is 1. The van der Waals surface area contributed by atoms with Gasteiger partial charge < -0.3 is 4.74 Å². The zero-order valence-electron chi connectivity index (χ0n) is 15.0. The van der Waals surface area contributed by atoms with Crippen LogP contribution in [-0.4, -0.2) is 35.6 Å². The highest BCUT2D eigenvalue weighted by Crippen LogP contribution is 2.33. The molecule has 8 heteroatoms. The fourth-order valence-electron chi connectivity index (χ4n) is 2.80. The molecule has 0 unspecified atom stereocenters. The Morgan fingerprint density at radius 2 is 2.00 bits per heavy atom. The number of ether oxygens (including phenoxy) is 1. The smallest absolute Gasteiger partial charge is 0.331 e. The Labute approximate surface area is 166 Å². The Morgan fingerprint density at radius 3 is 2.70 bits per heavy atom. The van der Waals surface area contributed by atoms with Gasteiger partial charge in [0, 0.05) is 16.2 Å². The zero-order valence-corrected chi connectivity index (χ0v) is 16.6. The molecule has 2 aliphatic rings. The standard InChI is InChI=1S/C19H21N3O3S2/c1-25-17(23)11-16-18(24)21-19(27-16)22-20-12-13-7-9-15(10-8-13)26-14-5-3-2-4-6-14/h7-12,14H,2-6H2,1H3,(H,21,22,24)/b16-11+,20-12?. The molecule has 0 atom stereocenters. The minimum Gasteiger partial charge on any atom is -0.466 e. The second-order valence-corrected chi connectivity index (χ2v) is 8.59. The quantitative estimate of drug-likeness (QED) is 0.351. The number of benzene rings is 1. The fraction of sp³-hybridized carbons (Fsp3) is 0.368. The first-order valence-electron chi connectivity index (χ1n) is 8.80. The average molecular weight is 404 g/mol. The van der Waals surface area contributed by atoms with Gasteiger partial charge in [0.1, 0.15) is 0 Å². The number of rotatable bonds is 5. The summed E-state index contributed by atoms with van der Waals surface area (Å²) in [6.45, 7) is 0. The molecule has 1 aromatic carbocycles. The van der Waals surface area contributed by atoms with Crippen LogP contribution in [-0.2, 0) is 14.3 Å². The summed E-state index contributed by atoms with van der Waals surface area (Å²) in [7, 11) is 1.26. The number of nitrogens with zero attached hydrogens (tertiary/aromatic N) is 2. The van der Waals surface area contributed by atoms with Crippen LogP contribution in [0.25, 0.3) is 0 Å². The largest absolute Gasteiger partial charge is 0.466 e. The van der Waals surface area contributed by atoms with Crippen LogP contribution in [0, 0.1) is 0 Å². The molecular weight excluding hydrogens is 382 g/mol. The van der Waals surface area contributed by atoms with Gasteiger partial charge in [-0.2, -0.15) is 5.10 Å². The minimum atomic E-state index is -0.580. The van der Waals surface area contributed by atoms with Gasteiger partial charge in [0.05, 0.1) is 18.2 Å². The fourth-order valence-corrected chi connectivity index (χ4v) is 4.78. The molecule has 1 aromatic rings. The van der Waals surface area contributed by atoms with Gasteiger partial charge in [0.25, 0.3) is 5.91 Å². The van der Waals surface area contributed by atoms with Gasteiger partial charge in [-0.1, -0.05) is 31.4 Å². The minimum absolute atomic E-state index is 0.236. The Balaban J connectivity index is 1.55. The van der Waals surface area contributed by atoms with E-state index in [4.69, 9.17) is 0 Å². The van der Waals surface area contributed by atoms with Gasteiger partial charge in [-0.15, -0.1) is 16.9 Å². The molecule has 0 aromatic heterocycles. The van der Waals surface area contributed by atoms with Crippen LogP contribution >= 0.6 is 23.5 Å².